The number of aliphatic imine (C=N–C) groups is 1. The van der Waals surface area contributed by atoms with Crippen LogP contribution in [-0.4, -0.2) is 43.5 Å². The van der Waals surface area contributed by atoms with Crippen LogP contribution in [0, 0.1) is 0 Å². The van der Waals surface area contributed by atoms with Crippen molar-refractivity contribution in [2.24, 2.45) is 10.7 Å². The molecule has 2 aromatic rings. The molecule has 1 amide bonds. The zero-order valence-corrected chi connectivity index (χ0v) is 20.4. The van der Waals surface area contributed by atoms with E-state index in [2.05, 4.69) is 55.4 Å². The van der Waals surface area contributed by atoms with Crippen LogP contribution in [0.1, 0.15) is 30.5 Å². The summed E-state index contributed by atoms with van der Waals surface area (Å²) in [6.07, 6.45) is 1.88. The maximum absolute atomic E-state index is 10.8. The number of carbonyl (C=O) groups excluding carboxylic acids is 1. The van der Waals surface area contributed by atoms with Crippen molar-refractivity contribution in [3.63, 3.8) is 0 Å². The molecule has 0 spiro atoms. The molecule has 0 aliphatic heterocycles. The fourth-order valence-electron chi connectivity index (χ4n) is 2.90. The number of benzene rings is 2. The topological polar surface area (TPSA) is 80.0 Å². The first kappa shape index (κ1) is 25.7. The summed E-state index contributed by atoms with van der Waals surface area (Å²) in [5.41, 5.74) is 8.86. The van der Waals surface area contributed by atoms with E-state index in [1.807, 2.05) is 24.3 Å². The molecule has 0 aromatic heterocycles. The predicted octanol–water partition coefficient (Wildman–Crippen LogP) is 3.37. The normalized spacial score (nSPS) is 10.8. The summed E-state index contributed by atoms with van der Waals surface area (Å²) in [6, 6.07) is 16.4. The van der Waals surface area contributed by atoms with Crippen LogP contribution in [0.4, 0.5) is 0 Å². The summed E-state index contributed by atoms with van der Waals surface area (Å²) in [4.78, 5) is 17.7. The Hall–Kier alpha value is -2.29. The summed E-state index contributed by atoms with van der Waals surface area (Å²) in [5.74, 6) is 1.05. The lowest BCUT2D eigenvalue weighted by Gasteiger charge is -2.22. The van der Waals surface area contributed by atoms with Crippen molar-refractivity contribution in [2.45, 2.75) is 33.2 Å². The van der Waals surface area contributed by atoms with E-state index in [1.54, 1.807) is 0 Å². The van der Waals surface area contributed by atoms with Crippen LogP contribution in [0.5, 0.6) is 5.75 Å². The molecule has 0 aliphatic carbocycles. The first-order chi connectivity index (χ1) is 14.0. The number of nitrogens with one attached hydrogen (secondary N) is 1. The lowest BCUT2D eigenvalue weighted by atomic mass is 10.1. The number of hydrogen-bond donors (Lipinski definition) is 2. The highest BCUT2D eigenvalue weighted by Crippen LogP contribution is 2.13. The smallest absolute Gasteiger partial charge is 0.255 e. The van der Waals surface area contributed by atoms with Crippen LogP contribution in [-0.2, 0) is 24.2 Å². The number of ether oxygens (including phenoxy) is 1. The number of amides is 1. The summed E-state index contributed by atoms with van der Waals surface area (Å²) >= 11 is 0. The molecule has 0 fully saturated rings. The number of nitrogens with zero attached hydrogens (tertiary/aromatic N) is 2. The van der Waals surface area contributed by atoms with Crippen LogP contribution >= 0.6 is 24.0 Å². The van der Waals surface area contributed by atoms with Gasteiger partial charge in [0.05, 0.1) is 0 Å². The Kier molecular flexibility index (Phi) is 11.9. The minimum atomic E-state index is -0.482. The third-order valence-electron chi connectivity index (χ3n) is 4.51. The van der Waals surface area contributed by atoms with Gasteiger partial charge in [0.15, 0.2) is 12.6 Å². The number of carbonyl (C=O) groups is 1. The van der Waals surface area contributed by atoms with Gasteiger partial charge in [-0.15, -0.1) is 24.0 Å². The number of guanidine groups is 1. The Morgan fingerprint density at radius 1 is 1.03 bits per heavy atom. The Balaban J connectivity index is 0.00000450. The quantitative estimate of drug-likeness (QED) is 0.284. The highest BCUT2D eigenvalue weighted by Gasteiger charge is 2.07. The second-order valence-electron chi connectivity index (χ2n) is 6.91. The Bertz CT molecular complexity index is 792. The Labute approximate surface area is 196 Å². The number of rotatable bonds is 10. The van der Waals surface area contributed by atoms with Gasteiger partial charge in [0.1, 0.15) is 5.75 Å². The number of aryl methyl sites for hydroxylation is 1. The fourth-order valence-corrected chi connectivity index (χ4v) is 2.90. The van der Waals surface area contributed by atoms with Gasteiger partial charge in [0.25, 0.3) is 5.91 Å². The highest BCUT2D eigenvalue weighted by atomic mass is 127. The average Bonchev–Trinajstić information content (AvgIpc) is 2.73. The molecule has 164 valence electrons. The van der Waals surface area contributed by atoms with Crippen molar-refractivity contribution in [1.82, 2.24) is 10.2 Å². The van der Waals surface area contributed by atoms with Crippen LogP contribution in [0.25, 0.3) is 0 Å². The van der Waals surface area contributed by atoms with Crippen molar-refractivity contribution >= 4 is 35.8 Å². The zero-order chi connectivity index (χ0) is 21.1. The number of halogens is 1. The van der Waals surface area contributed by atoms with Gasteiger partial charge in [0, 0.05) is 26.7 Å². The molecule has 2 aromatic carbocycles. The van der Waals surface area contributed by atoms with Crippen molar-refractivity contribution < 1.29 is 9.53 Å². The Morgan fingerprint density at radius 2 is 1.63 bits per heavy atom. The third kappa shape index (κ3) is 9.02. The van der Waals surface area contributed by atoms with E-state index in [4.69, 9.17) is 15.5 Å². The molecular formula is C23H33IN4O2. The van der Waals surface area contributed by atoms with Crippen LogP contribution in [0.2, 0.25) is 0 Å². The molecule has 0 atom stereocenters. The molecule has 0 bridgehead atoms. The van der Waals surface area contributed by atoms with E-state index < -0.39 is 5.91 Å². The SMILES string of the molecule is CCNC(=NCCc1ccc(OCC(N)=O)cc1)N(C)Cc1ccc(CC)cc1.I. The largest absolute Gasteiger partial charge is 0.484 e. The van der Waals surface area contributed by atoms with E-state index in [0.29, 0.717) is 12.3 Å². The van der Waals surface area contributed by atoms with Gasteiger partial charge in [-0.05, 0) is 48.6 Å². The summed E-state index contributed by atoms with van der Waals surface area (Å²) in [7, 11) is 2.06. The van der Waals surface area contributed by atoms with E-state index >= 15 is 0 Å². The van der Waals surface area contributed by atoms with Crippen molar-refractivity contribution in [3.8, 4) is 5.75 Å². The van der Waals surface area contributed by atoms with Gasteiger partial charge in [-0.2, -0.15) is 0 Å². The van der Waals surface area contributed by atoms with Crippen LogP contribution in [0.15, 0.2) is 53.5 Å². The zero-order valence-electron chi connectivity index (χ0n) is 18.1. The van der Waals surface area contributed by atoms with Gasteiger partial charge in [-0.1, -0.05) is 43.3 Å². The minimum absolute atomic E-state index is 0. The van der Waals surface area contributed by atoms with E-state index in [-0.39, 0.29) is 30.6 Å². The van der Waals surface area contributed by atoms with Crippen LogP contribution < -0.4 is 15.8 Å². The first-order valence-corrected chi connectivity index (χ1v) is 10.1. The number of hydrogen-bond acceptors (Lipinski definition) is 3. The maximum atomic E-state index is 10.8. The maximum Gasteiger partial charge on any atom is 0.255 e. The molecule has 3 N–H and O–H groups in total. The molecule has 2 rings (SSSR count). The minimum Gasteiger partial charge on any atom is -0.484 e. The highest BCUT2D eigenvalue weighted by molar-refractivity contribution is 14.0. The molecule has 0 aliphatic rings. The number of primary amides is 1. The lowest BCUT2D eigenvalue weighted by Crippen LogP contribution is -2.38. The second-order valence-corrected chi connectivity index (χ2v) is 6.91. The lowest BCUT2D eigenvalue weighted by molar-refractivity contribution is -0.119. The van der Waals surface area contributed by atoms with Crippen LogP contribution in [0.3, 0.4) is 0 Å². The molecule has 6 nitrogen and oxygen atoms in total. The third-order valence-corrected chi connectivity index (χ3v) is 4.51. The molecular weight excluding hydrogens is 491 g/mol. The number of nitrogens with two attached hydrogens (primary N) is 1. The first-order valence-electron chi connectivity index (χ1n) is 10.1. The molecule has 0 saturated carbocycles. The molecule has 0 saturated heterocycles. The van der Waals surface area contributed by atoms with E-state index in [0.717, 1.165) is 37.5 Å². The van der Waals surface area contributed by atoms with Gasteiger partial charge < -0.3 is 20.7 Å². The standard InChI is InChI=1S/C23H32N4O2.HI/c1-4-18-6-8-20(9-7-18)16-27(3)23(25-5-2)26-15-14-19-10-12-21(13-11-19)29-17-22(24)28;/h6-13H,4-5,14-17H2,1-3H3,(H2,24,28)(H,25,26);1H. The second kappa shape index (κ2) is 13.8. The Morgan fingerprint density at radius 3 is 2.20 bits per heavy atom. The molecule has 30 heavy (non-hydrogen) atoms. The van der Waals surface area contributed by atoms with E-state index in [1.165, 1.54) is 11.1 Å². The molecule has 7 heteroatoms. The van der Waals surface area contributed by atoms with Crippen molar-refractivity contribution in [1.29, 1.82) is 0 Å². The van der Waals surface area contributed by atoms with Crippen molar-refractivity contribution in [3.05, 3.63) is 65.2 Å². The van der Waals surface area contributed by atoms with Gasteiger partial charge >= 0.3 is 0 Å². The summed E-state index contributed by atoms with van der Waals surface area (Å²) < 4.78 is 5.28. The van der Waals surface area contributed by atoms with E-state index in [9.17, 15) is 4.79 Å². The monoisotopic (exact) mass is 524 g/mol. The van der Waals surface area contributed by atoms with Crippen molar-refractivity contribution in [2.75, 3.05) is 26.7 Å². The molecule has 0 radical (unpaired) electrons. The molecule has 0 unspecified atom stereocenters. The summed E-state index contributed by atoms with van der Waals surface area (Å²) in [5, 5.41) is 3.36. The van der Waals surface area contributed by atoms with Gasteiger partial charge in [0.2, 0.25) is 0 Å². The molecule has 0 heterocycles. The average molecular weight is 524 g/mol. The van der Waals surface area contributed by atoms with Gasteiger partial charge in [-0.25, -0.2) is 0 Å². The van der Waals surface area contributed by atoms with Gasteiger partial charge in [-0.3, -0.25) is 9.79 Å². The fraction of sp³-hybridized carbons (Fsp3) is 0.391. The predicted molar refractivity (Wildman–Crippen MR) is 134 cm³/mol. The summed E-state index contributed by atoms with van der Waals surface area (Å²) in [6.45, 7) is 6.45.